The Hall–Kier alpha value is -2.66. The molecule has 2 aliphatic rings. The summed E-state index contributed by atoms with van der Waals surface area (Å²) in [6, 6.07) is 10.8. The van der Waals surface area contributed by atoms with Crippen LogP contribution in [-0.4, -0.2) is 30.4 Å². The van der Waals surface area contributed by atoms with E-state index >= 15 is 0 Å². The summed E-state index contributed by atoms with van der Waals surface area (Å²) in [5.74, 6) is 0.345. The number of benzene rings is 2. The van der Waals surface area contributed by atoms with E-state index < -0.39 is 0 Å². The van der Waals surface area contributed by atoms with Gasteiger partial charge in [0.2, 0.25) is 0 Å². The predicted octanol–water partition coefficient (Wildman–Crippen LogP) is 14.2. The summed E-state index contributed by atoms with van der Waals surface area (Å²) < 4.78 is 12.3. The molecular weight excluding hydrogens is 667 g/mol. The van der Waals surface area contributed by atoms with E-state index in [-0.39, 0.29) is 11.9 Å². The molecule has 1 aliphatic heterocycles. The van der Waals surface area contributed by atoms with Gasteiger partial charge in [0.15, 0.2) is 11.5 Å². The second-order valence-electron chi connectivity index (χ2n) is 16.7. The Morgan fingerprint density at radius 2 is 1.04 bits per heavy atom. The molecule has 0 unspecified atom stereocenters. The first-order chi connectivity index (χ1) is 26.5. The summed E-state index contributed by atoms with van der Waals surface area (Å²) in [6.07, 6.45) is 35.6. The number of esters is 2. The van der Waals surface area contributed by atoms with Crippen molar-refractivity contribution in [2.45, 2.75) is 213 Å². The Morgan fingerprint density at radius 3 is 1.54 bits per heavy atom. The molecule has 5 nitrogen and oxygen atoms in total. The van der Waals surface area contributed by atoms with Crippen LogP contribution in [0.25, 0.3) is 11.1 Å². The SMILES string of the molecule is CCCCCCCCCCCCCCCC(=O)Oc1ccc2c(c1OC(=O)CCCCCCCCCCCCCCC)-c1cccc3c1[C@@H](C2)N(C)CC3. The average molecular weight is 744 g/mol. The molecule has 0 amide bonds. The molecule has 4 rings (SSSR count). The summed E-state index contributed by atoms with van der Waals surface area (Å²) in [5.41, 5.74) is 5.91. The highest BCUT2D eigenvalue weighted by Gasteiger charge is 2.35. The highest BCUT2D eigenvalue weighted by molar-refractivity contribution is 5.87. The van der Waals surface area contributed by atoms with Crippen molar-refractivity contribution >= 4 is 11.9 Å². The van der Waals surface area contributed by atoms with Gasteiger partial charge in [-0.2, -0.15) is 0 Å². The zero-order valence-electron chi connectivity index (χ0n) is 35.0. The monoisotopic (exact) mass is 744 g/mol. The van der Waals surface area contributed by atoms with Crippen LogP contribution >= 0.6 is 0 Å². The van der Waals surface area contributed by atoms with E-state index in [1.165, 1.54) is 146 Å². The lowest BCUT2D eigenvalue weighted by Crippen LogP contribution is -2.35. The number of ether oxygens (including phenoxy) is 2. The number of fused-ring (bicyclic) bond motifs is 2. The second-order valence-corrected chi connectivity index (χ2v) is 16.7. The number of hydrogen-bond acceptors (Lipinski definition) is 5. The fourth-order valence-electron chi connectivity index (χ4n) is 8.75. The Kier molecular flexibility index (Phi) is 21.4. The van der Waals surface area contributed by atoms with E-state index in [1.54, 1.807) is 0 Å². The van der Waals surface area contributed by atoms with Gasteiger partial charge in [-0.15, -0.1) is 0 Å². The van der Waals surface area contributed by atoms with Crippen molar-refractivity contribution in [1.29, 1.82) is 0 Å². The lowest BCUT2D eigenvalue weighted by molar-refractivity contribution is -0.137. The van der Waals surface area contributed by atoms with Crippen molar-refractivity contribution in [3.05, 3.63) is 47.0 Å². The van der Waals surface area contributed by atoms with Gasteiger partial charge in [-0.1, -0.05) is 192 Å². The van der Waals surface area contributed by atoms with Crippen LogP contribution in [0.1, 0.15) is 216 Å². The fourth-order valence-corrected chi connectivity index (χ4v) is 8.75. The standard InChI is InChI=1S/C49H77NO4/c1-4-6-8-10-12-14-16-18-20-22-24-26-28-33-45(51)53-44-36-35-41-39-43-47-40(37-38-50(43)3)31-30-32-42(47)48(41)49(44)54-46(52)34-29-27-25-23-21-19-17-15-13-11-9-7-5-2/h30-32,35-36,43H,4-29,33-34,37-39H2,1-3H3/t43-/m1/s1. The third-order valence-corrected chi connectivity index (χ3v) is 12.1. The highest BCUT2D eigenvalue weighted by Crippen LogP contribution is 2.51. The number of hydrogen-bond donors (Lipinski definition) is 0. The topological polar surface area (TPSA) is 55.8 Å². The van der Waals surface area contributed by atoms with Gasteiger partial charge in [-0.3, -0.25) is 14.5 Å². The van der Waals surface area contributed by atoms with E-state index in [2.05, 4.69) is 50.1 Å². The van der Waals surface area contributed by atoms with Gasteiger partial charge in [0.05, 0.1) is 0 Å². The first-order valence-electron chi connectivity index (χ1n) is 22.9. The number of carbonyl (C=O) groups is 2. The van der Waals surface area contributed by atoms with Crippen molar-refractivity contribution in [2.75, 3.05) is 13.6 Å². The zero-order chi connectivity index (χ0) is 38.2. The van der Waals surface area contributed by atoms with Crippen molar-refractivity contribution in [2.24, 2.45) is 0 Å². The van der Waals surface area contributed by atoms with Crippen LogP contribution in [0.5, 0.6) is 11.5 Å². The van der Waals surface area contributed by atoms with Crippen LogP contribution in [0, 0.1) is 0 Å². The number of unbranched alkanes of at least 4 members (excludes halogenated alkanes) is 24. The second kappa shape index (κ2) is 26.2. The van der Waals surface area contributed by atoms with Gasteiger partial charge in [-0.25, -0.2) is 0 Å². The quantitative estimate of drug-likeness (QED) is 0.0453. The Labute approximate surface area is 330 Å². The molecule has 0 aromatic heterocycles. The molecule has 1 heterocycles. The first kappa shape index (κ1) is 44.1. The lowest BCUT2D eigenvalue weighted by atomic mass is 9.77. The molecule has 5 heteroatoms. The molecule has 2 aromatic rings. The predicted molar refractivity (Wildman–Crippen MR) is 227 cm³/mol. The minimum Gasteiger partial charge on any atom is -0.422 e. The van der Waals surface area contributed by atoms with E-state index in [0.29, 0.717) is 30.4 Å². The van der Waals surface area contributed by atoms with Gasteiger partial charge in [0, 0.05) is 31.0 Å². The normalized spacial score (nSPS) is 14.8. The van der Waals surface area contributed by atoms with Crippen molar-refractivity contribution in [1.82, 2.24) is 4.90 Å². The summed E-state index contributed by atoms with van der Waals surface area (Å²) in [6.45, 7) is 5.58. The molecule has 0 spiro atoms. The third kappa shape index (κ3) is 15.1. The van der Waals surface area contributed by atoms with Crippen LogP contribution in [-0.2, 0) is 22.4 Å². The van der Waals surface area contributed by atoms with Gasteiger partial charge in [0.25, 0.3) is 0 Å². The van der Waals surface area contributed by atoms with Gasteiger partial charge in [0.1, 0.15) is 0 Å². The number of nitrogens with zero attached hydrogens (tertiary/aromatic N) is 1. The molecule has 302 valence electrons. The minimum atomic E-state index is -0.240. The minimum absolute atomic E-state index is 0.232. The number of likely N-dealkylation sites (N-methyl/N-ethyl adjacent to an activating group) is 1. The fraction of sp³-hybridized carbons (Fsp3) is 0.714. The average Bonchev–Trinajstić information content (AvgIpc) is 3.17. The van der Waals surface area contributed by atoms with Crippen LogP contribution in [0.4, 0.5) is 0 Å². The summed E-state index contributed by atoms with van der Waals surface area (Å²) in [4.78, 5) is 29.1. The molecule has 1 aliphatic carbocycles. The maximum absolute atomic E-state index is 13.4. The summed E-state index contributed by atoms with van der Waals surface area (Å²) in [7, 11) is 2.21. The van der Waals surface area contributed by atoms with Gasteiger partial charge in [-0.05, 0) is 61.1 Å². The Balaban J connectivity index is 1.26. The highest BCUT2D eigenvalue weighted by atomic mass is 16.6. The molecule has 0 saturated heterocycles. The largest absolute Gasteiger partial charge is 0.422 e. The van der Waals surface area contributed by atoms with Gasteiger partial charge >= 0.3 is 11.9 Å². The molecule has 0 saturated carbocycles. The van der Waals surface area contributed by atoms with E-state index in [4.69, 9.17) is 9.47 Å². The first-order valence-corrected chi connectivity index (χ1v) is 22.9. The van der Waals surface area contributed by atoms with Crippen LogP contribution < -0.4 is 9.47 Å². The van der Waals surface area contributed by atoms with E-state index in [9.17, 15) is 9.59 Å². The molecule has 0 N–H and O–H groups in total. The molecule has 54 heavy (non-hydrogen) atoms. The van der Waals surface area contributed by atoms with Crippen molar-refractivity contribution in [3.8, 4) is 22.6 Å². The molecule has 0 fully saturated rings. The maximum Gasteiger partial charge on any atom is 0.311 e. The van der Waals surface area contributed by atoms with E-state index in [1.807, 2.05) is 6.07 Å². The molecule has 2 aromatic carbocycles. The Bertz CT molecular complexity index is 1370. The van der Waals surface area contributed by atoms with Crippen molar-refractivity contribution in [3.63, 3.8) is 0 Å². The third-order valence-electron chi connectivity index (χ3n) is 12.1. The van der Waals surface area contributed by atoms with Gasteiger partial charge < -0.3 is 9.47 Å². The lowest BCUT2D eigenvalue weighted by Gasteiger charge is -2.40. The zero-order valence-corrected chi connectivity index (χ0v) is 35.0. The van der Waals surface area contributed by atoms with Crippen LogP contribution in [0.15, 0.2) is 30.3 Å². The molecule has 0 bridgehead atoms. The van der Waals surface area contributed by atoms with E-state index in [0.717, 1.165) is 68.2 Å². The number of rotatable bonds is 30. The molecule has 0 radical (unpaired) electrons. The molecular formula is C49H77NO4. The van der Waals surface area contributed by atoms with Crippen LogP contribution in [0.2, 0.25) is 0 Å². The maximum atomic E-state index is 13.4. The van der Waals surface area contributed by atoms with Crippen molar-refractivity contribution < 1.29 is 19.1 Å². The summed E-state index contributed by atoms with van der Waals surface area (Å²) >= 11 is 0. The summed E-state index contributed by atoms with van der Waals surface area (Å²) in [5, 5.41) is 0. The molecule has 1 atom stereocenters. The Morgan fingerprint density at radius 1 is 0.574 bits per heavy atom. The smallest absolute Gasteiger partial charge is 0.311 e. The van der Waals surface area contributed by atoms with Crippen LogP contribution in [0.3, 0.4) is 0 Å². The number of carbonyl (C=O) groups excluding carboxylic acids is 2.